The highest BCUT2D eigenvalue weighted by atomic mass is 32.2. The molecule has 4 rings (SSSR count). The Morgan fingerprint density at radius 1 is 1.11 bits per heavy atom. The Morgan fingerprint density at radius 3 is 2.64 bits per heavy atom. The molecule has 0 radical (unpaired) electrons. The average molecular weight is 397 g/mol. The molecular formula is C21H24N4O2S. The second kappa shape index (κ2) is 9.21. The van der Waals surface area contributed by atoms with Crippen LogP contribution in [0.1, 0.15) is 26.2 Å². The van der Waals surface area contributed by atoms with Crippen LogP contribution in [0.25, 0.3) is 17.1 Å². The molecular weight excluding hydrogens is 372 g/mol. The highest BCUT2D eigenvalue weighted by Crippen LogP contribution is 2.30. The number of benzene rings is 1. The van der Waals surface area contributed by atoms with Crippen molar-refractivity contribution in [3.05, 3.63) is 48.8 Å². The summed E-state index contributed by atoms with van der Waals surface area (Å²) in [5.74, 6) is 2.54. The molecule has 1 fully saturated rings. The molecule has 146 valence electrons. The van der Waals surface area contributed by atoms with Gasteiger partial charge in [0.2, 0.25) is 0 Å². The lowest BCUT2D eigenvalue weighted by Gasteiger charge is -2.22. The van der Waals surface area contributed by atoms with Crippen molar-refractivity contribution in [2.24, 2.45) is 0 Å². The van der Waals surface area contributed by atoms with Gasteiger partial charge in [-0.25, -0.2) is 0 Å². The summed E-state index contributed by atoms with van der Waals surface area (Å²) in [5.41, 5.74) is 1.99. The zero-order valence-corrected chi connectivity index (χ0v) is 16.8. The van der Waals surface area contributed by atoms with Gasteiger partial charge in [-0.15, -0.1) is 10.2 Å². The first kappa shape index (κ1) is 19.0. The monoisotopic (exact) mass is 396 g/mol. The number of hydrogen-bond donors (Lipinski definition) is 0. The van der Waals surface area contributed by atoms with Crippen LogP contribution in [0.2, 0.25) is 0 Å². The summed E-state index contributed by atoms with van der Waals surface area (Å²) in [7, 11) is 0. The molecule has 1 aromatic carbocycles. The Balaban J connectivity index is 1.65. The van der Waals surface area contributed by atoms with Crippen molar-refractivity contribution in [1.29, 1.82) is 0 Å². The molecule has 0 aliphatic carbocycles. The van der Waals surface area contributed by atoms with E-state index in [1.54, 1.807) is 24.2 Å². The molecule has 2 aromatic heterocycles. The maximum absolute atomic E-state index is 5.88. The van der Waals surface area contributed by atoms with Gasteiger partial charge in [-0.2, -0.15) is 0 Å². The Kier molecular flexibility index (Phi) is 6.24. The lowest BCUT2D eigenvalue weighted by Crippen LogP contribution is -2.21. The lowest BCUT2D eigenvalue weighted by atomic mass is 10.1. The SMILES string of the molecule is CCOc1ccc(-n2c(SCC3CCCCO3)nnc2-c2ccncc2)cc1. The second-order valence-electron chi connectivity index (χ2n) is 6.60. The van der Waals surface area contributed by atoms with E-state index in [1.165, 1.54) is 6.42 Å². The molecule has 0 saturated carbocycles. The first-order valence-electron chi connectivity index (χ1n) is 9.68. The van der Waals surface area contributed by atoms with E-state index in [0.29, 0.717) is 6.61 Å². The largest absolute Gasteiger partial charge is 0.494 e. The van der Waals surface area contributed by atoms with Gasteiger partial charge < -0.3 is 9.47 Å². The summed E-state index contributed by atoms with van der Waals surface area (Å²) in [6.45, 7) is 3.49. The van der Waals surface area contributed by atoms with E-state index in [4.69, 9.17) is 9.47 Å². The minimum absolute atomic E-state index is 0.286. The third-order valence-corrected chi connectivity index (χ3v) is 5.71. The third kappa shape index (κ3) is 4.36. The molecule has 3 aromatic rings. The number of ether oxygens (including phenoxy) is 2. The molecule has 1 aliphatic heterocycles. The molecule has 1 aliphatic rings. The quantitative estimate of drug-likeness (QED) is 0.552. The average Bonchev–Trinajstić information content (AvgIpc) is 3.18. The molecule has 3 heterocycles. The topological polar surface area (TPSA) is 62.1 Å². The fourth-order valence-corrected chi connectivity index (χ4v) is 4.27. The minimum Gasteiger partial charge on any atom is -0.494 e. The molecule has 0 bridgehead atoms. The van der Waals surface area contributed by atoms with Gasteiger partial charge >= 0.3 is 0 Å². The van der Waals surface area contributed by atoms with Crippen LogP contribution in [0.5, 0.6) is 5.75 Å². The van der Waals surface area contributed by atoms with Crippen molar-refractivity contribution in [1.82, 2.24) is 19.7 Å². The van der Waals surface area contributed by atoms with Gasteiger partial charge in [-0.3, -0.25) is 9.55 Å². The Hall–Kier alpha value is -2.38. The Morgan fingerprint density at radius 2 is 1.93 bits per heavy atom. The van der Waals surface area contributed by atoms with Crippen molar-refractivity contribution >= 4 is 11.8 Å². The summed E-state index contributed by atoms with van der Waals surface area (Å²) in [4.78, 5) is 4.11. The van der Waals surface area contributed by atoms with E-state index >= 15 is 0 Å². The molecule has 0 N–H and O–H groups in total. The van der Waals surface area contributed by atoms with Crippen LogP contribution in [-0.4, -0.2) is 44.8 Å². The maximum atomic E-state index is 5.88. The van der Waals surface area contributed by atoms with Crippen molar-refractivity contribution in [2.75, 3.05) is 19.0 Å². The number of rotatable bonds is 7. The van der Waals surface area contributed by atoms with Gasteiger partial charge in [-0.1, -0.05) is 11.8 Å². The highest BCUT2D eigenvalue weighted by molar-refractivity contribution is 7.99. The fourth-order valence-electron chi connectivity index (χ4n) is 3.25. The van der Waals surface area contributed by atoms with Crippen molar-refractivity contribution in [3.63, 3.8) is 0 Å². The molecule has 28 heavy (non-hydrogen) atoms. The lowest BCUT2D eigenvalue weighted by molar-refractivity contribution is 0.0315. The van der Waals surface area contributed by atoms with E-state index in [9.17, 15) is 0 Å². The highest BCUT2D eigenvalue weighted by Gasteiger charge is 2.19. The van der Waals surface area contributed by atoms with Gasteiger partial charge in [0.25, 0.3) is 0 Å². The zero-order chi connectivity index (χ0) is 19.2. The summed E-state index contributed by atoms with van der Waals surface area (Å²) in [6, 6.07) is 11.9. The normalized spacial score (nSPS) is 16.8. The van der Waals surface area contributed by atoms with E-state index in [-0.39, 0.29) is 6.10 Å². The molecule has 1 saturated heterocycles. The van der Waals surface area contributed by atoms with Crippen molar-refractivity contribution in [3.8, 4) is 22.8 Å². The number of pyridine rings is 1. The van der Waals surface area contributed by atoms with Gasteiger partial charge in [0.15, 0.2) is 11.0 Å². The van der Waals surface area contributed by atoms with Crippen LogP contribution in [0.4, 0.5) is 0 Å². The zero-order valence-electron chi connectivity index (χ0n) is 16.0. The molecule has 0 spiro atoms. The van der Waals surface area contributed by atoms with E-state index < -0.39 is 0 Å². The molecule has 1 unspecified atom stereocenters. The third-order valence-electron chi connectivity index (χ3n) is 4.65. The van der Waals surface area contributed by atoms with E-state index in [1.807, 2.05) is 43.3 Å². The summed E-state index contributed by atoms with van der Waals surface area (Å²) >= 11 is 1.70. The van der Waals surface area contributed by atoms with E-state index in [2.05, 4.69) is 19.7 Å². The van der Waals surface area contributed by atoms with Crippen molar-refractivity contribution in [2.45, 2.75) is 37.4 Å². The smallest absolute Gasteiger partial charge is 0.196 e. The maximum Gasteiger partial charge on any atom is 0.196 e. The van der Waals surface area contributed by atoms with Crippen LogP contribution in [0, 0.1) is 0 Å². The number of aromatic nitrogens is 4. The predicted octanol–water partition coefficient (Wildman–Crippen LogP) is 4.39. The van der Waals surface area contributed by atoms with E-state index in [0.717, 1.165) is 53.2 Å². The molecule has 0 amide bonds. The summed E-state index contributed by atoms with van der Waals surface area (Å²) < 4.78 is 13.6. The molecule has 7 heteroatoms. The fraction of sp³-hybridized carbons (Fsp3) is 0.381. The van der Waals surface area contributed by atoms with Crippen LogP contribution >= 0.6 is 11.8 Å². The number of nitrogens with zero attached hydrogens (tertiary/aromatic N) is 4. The van der Waals surface area contributed by atoms with Crippen LogP contribution in [0.3, 0.4) is 0 Å². The Labute approximate surface area is 169 Å². The van der Waals surface area contributed by atoms with Crippen LogP contribution < -0.4 is 4.74 Å². The first-order valence-corrected chi connectivity index (χ1v) is 10.7. The van der Waals surface area contributed by atoms with Crippen LogP contribution in [-0.2, 0) is 4.74 Å². The molecule has 1 atom stereocenters. The predicted molar refractivity (Wildman–Crippen MR) is 110 cm³/mol. The Bertz CT molecular complexity index is 877. The van der Waals surface area contributed by atoms with Crippen LogP contribution in [0.15, 0.2) is 53.9 Å². The van der Waals surface area contributed by atoms with Gasteiger partial charge in [0.1, 0.15) is 5.75 Å². The summed E-state index contributed by atoms with van der Waals surface area (Å²) in [5, 5.41) is 9.82. The van der Waals surface area contributed by atoms with Gasteiger partial charge in [0, 0.05) is 36.0 Å². The number of hydrogen-bond acceptors (Lipinski definition) is 6. The number of thioether (sulfide) groups is 1. The van der Waals surface area contributed by atoms with Gasteiger partial charge in [-0.05, 0) is 62.6 Å². The van der Waals surface area contributed by atoms with Crippen molar-refractivity contribution < 1.29 is 9.47 Å². The van der Waals surface area contributed by atoms with Gasteiger partial charge in [0.05, 0.1) is 12.7 Å². The first-order chi connectivity index (χ1) is 13.8. The summed E-state index contributed by atoms with van der Waals surface area (Å²) in [6.07, 6.45) is 7.34. The standard InChI is InChI=1S/C21H24N4O2S/c1-2-26-18-8-6-17(7-9-18)25-20(16-10-12-22-13-11-16)23-24-21(25)28-15-19-5-3-4-14-27-19/h6-13,19H,2-5,14-15H2,1H3. The minimum atomic E-state index is 0.286. The second-order valence-corrected chi connectivity index (χ2v) is 7.59. The molecule has 6 nitrogen and oxygen atoms in total.